The average Bonchev–Trinajstić information content (AvgIpc) is 3.11. The molecule has 0 aliphatic rings. The van der Waals surface area contributed by atoms with Crippen LogP contribution in [0, 0.1) is 6.92 Å². The molecule has 1 N–H and O–H groups in total. The zero-order chi connectivity index (χ0) is 19.5. The summed E-state index contributed by atoms with van der Waals surface area (Å²) in [6.45, 7) is 4.95. The Bertz CT molecular complexity index is 1120. The van der Waals surface area contributed by atoms with Gasteiger partial charge in [0.1, 0.15) is 12.4 Å². The second kappa shape index (κ2) is 7.95. The van der Waals surface area contributed by atoms with E-state index in [-0.39, 0.29) is 0 Å². The fraction of sp³-hybridized carbons (Fsp3) is 0.174. The molecule has 0 unspecified atom stereocenters. The van der Waals surface area contributed by atoms with E-state index in [0.29, 0.717) is 29.7 Å². The number of aryl methyl sites for hydroxylation is 1. The Hall–Kier alpha value is -2.98. The van der Waals surface area contributed by atoms with Gasteiger partial charge in [-0.1, -0.05) is 35.9 Å². The van der Waals surface area contributed by atoms with Crippen molar-refractivity contribution in [3.05, 3.63) is 76.8 Å². The lowest BCUT2D eigenvalue weighted by molar-refractivity contribution is 0.269. The molecule has 1 heterocycles. The fourth-order valence-corrected chi connectivity index (χ4v) is 3.26. The molecule has 142 valence electrons. The van der Waals surface area contributed by atoms with Gasteiger partial charge in [-0.15, -0.1) is 0 Å². The van der Waals surface area contributed by atoms with Crippen molar-refractivity contribution in [1.82, 2.24) is 9.97 Å². The van der Waals surface area contributed by atoms with Gasteiger partial charge < -0.3 is 14.5 Å². The third-order valence-electron chi connectivity index (χ3n) is 4.50. The van der Waals surface area contributed by atoms with E-state index in [1.807, 2.05) is 55.5 Å². The Labute approximate surface area is 169 Å². The number of ether oxygens (including phenoxy) is 2. The number of aromatic amines is 1. The number of hydrogen-bond acceptors (Lipinski definition) is 3. The van der Waals surface area contributed by atoms with Crippen molar-refractivity contribution in [2.75, 3.05) is 6.61 Å². The molecule has 4 aromatic rings. The number of nitrogens with zero attached hydrogens (tertiary/aromatic N) is 1. The van der Waals surface area contributed by atoms with E-state index in [0.717, 1.165) is 28.0 Å². The highest BCUT2D eigenvalue weighted by atomic mass is 35.5. The summed E-state index contributed by atoms with van der Waals surface area (Å²) in [6, 6.07) is 19.7. The summed E-state index contributed by atoms with van der Waals surface area (Å²) in [4.78, 5) is 8.07. The monoisotopic (exact) mass is 392 g/mol. The summed E-state index contributed by atoms with van der Waals surface area (Å²) in [7, 11) is 0. The zero-order valence-electron chi connectivity index (χ0n) is 15.8. The molecule has 3 aromatic carbocycles. The lowest BCUT2D eigenvalue weighted by Gasteiger charge is -2.13. The minimum atomic E-state index is 0.378. The van der Waals surface area contributed by atoms with Crippen LogP contribution in [0.25, 0.3) is 22.4 Å². The van der Waals surface area contributed by atoms with E-state index >= 15 is 0 Å². The summed E-state index contributed by atoms with van der Waals surface area (Å²) in [5, 5.41) is 0.689. The number of halogens is 1. The molecule has 0 amide bonds. The van der Waals surface area contributed by atoms with E-state index in [1.165, 1.54) is 5.56 Å². The Kier molecular flexibility index (Phi) is 5.22. The minimum Gasteiger partial charge on any atom is -0.490 e. The molecule has 5 heteroatoms. The Morgan fingerprint density at radius 3 is 2.64 bits per heavy atom. The second-order valence-corrected chi connectivity index (χ2v) is 6.99. The molecular weight excluding hydrogens is 372 g/mol. The van der Waals surface area contributed by atoms with Gasteiger partial charge >= 0.3 is 0 Å². The molecule has 0 fully saturated rings. The molecule has 0 aliphatic heterocycles. The maximum atomic E-state index is 6.22. The fourth-order valence-electron chi connectivity index (χ4n) is 3.07. The lowest BCUT2D eigenvalue weighted by atomic mass is 10.2. The van der Waals surface area contributed by atoms with Crippen molar-refractivity contribution < 1.29 is 9.47 Å². The molecule has 0 bridgehead atoms. The van der Waals surface area contributed by atoms with Gasteiger partial charge in [0.2, 0.25) is 0 Å². The van der Waals surface area contributed by atoms with Crippen LogP contribution in [0.2, 0.25) is 5.02 Å². The predicted molar refractivity (Wildman–Crippen MR) is 113 cm³/mol. The van der Waals surface area contributed by atoms with Crippen LogP contribution in [0.4, 0.5) is 0 Å². The number of fused-ring (bicyclic) bond motifs is 1. The SMILES string of the molecule is CCOc1cc(-c2nc3ccc(C)cc3[nH]2)ccc1OCc1ccccc1Cl. The van der Waals surface area contributed by atoms with Crippen LogP contribution in [0.5, 0.6) is 11.5 Å². The molecule has 0 saturated carbocycles. The van der Waals surface area contributed by atoms with Crippen LogP contribution in [0.15, 0.2) is 60.7 Å². The van der Waals surface area contributed by atoms with Gasteiger partial charge in [0.05, 0.1) is 17.6 Å². The first-order valence-corrected chi connectivity index (χ1v) is 9.61. The van der Waals surface area contributed by atoms with E-state index < -0.39 is 0 Å². The van der Waals surface area contributed by atoms with E-state index in [2.05, 4.69) is 24.0 Å². The maximum Gasteiger partial charge on any atom is 0.161 e. The molecule has 0 aliphatic carbocycles. The van der Waals surface area contributed by atoms with Crippen molar-refractivity contribution in [2.45, 2.75) is 20.5 Å². The van der Waals surface area contributed by atoms with Gasteiger partial charge in [-0.3, -0.25) is 0 Å². The van der Waals surface area contributed by atoms with Gasteiger partial charge in [0.25, 0.3) is 0 Å². The van der Waals surface area contributed by atoms with E-state index in [1.54, 1.807) is 0 Å². The van der Waals surface area contributed by atoms with Crippen LogP contribution >= 0.6 is 11.6 Å². The molecule has 0 radical (unpaired) electrons. The van der Waals surface area contributed by atoms with Gasteiger partial charge in [0.15, 0.2) is 11.5 Å². The Morgan fingerprint density at radius 1 is 0.964 bits per heavy atom. The number of imidazole rings is 1. The Balaban J connectivity index is 1.63. The highest BCUT2D eigenvalue weighted by molar-refractivity contribution is 6.31. The first-order chi connectivity index (χ1) is 13.6. The lowest BCUT2D eigenvalue weighted by Crippen LogP contribution is -2.00. The minimum absolute atomic E-state index is 0.378. The van der Waals surface area contributed by atoms with E-state index in [9.17, 15) is 0 Å². The van der Waals surface area contributed by atoms with Crippen molar-refractivity contribution in [2.24, 2.45) is 0 Å². The van der Waals surface area contributed by atoms with Crippen molar-refractivity contribution in [1.29, 1.82) is 0 Å². The molecular formula is C23H21ClN2O2. The Morgan fingerprint density at radius 2 is 1.82 bits per heavy atom. The van der Waals surface area contributed by atoms with Crippen LogP contribution in [-0.4, -0.2) is 16.6 Å². The van der Waals surface area contributed by atoms with Crippen LogP contribution < -0.4 is 9.47 Å². The number of H-pyrrole nitrogens is 1. The van der Waals surface area contributed by atoms with Crippen molar-refractivity contribution in [3.8, 4) is 22.9 Å². The van der Waals surface area contributed by atoms with Gasteiger partial charge in [-0.2, -0.15) is 0 Å². The molecule has 4 rings (SSSR count). The normalized spacial score (nSPS) is 11.0. The molecule has 0 atom stereocenters. The van der Waals surface area contributed by atoms with Gasteiger partial charge in [-0.05, 0) is 55.8 Å². The number of rotatable bonds is 6. The first kappa shape index (κ1) is 18.4. The van der Waals surface area contributed by atoms with Gasteiger partial charge in [-0.25, -0.2) is 4.98 Å². The van der Waals surface area contributed by atoms with Crippen LogP contribution in [0.1, 0.15) is 18.1 Å². The molecule has 4 nitrogen and oxygen atoms in total. The summed E-state index contributed by atoms with van der Waals surface area (Å²) in [5.41, 5.74) is 5.04. The summed E-state index contributed by atoms with van der Waals surface area (Å²) < 4.78 is 11.8. The third-order valence-corrected chi connectivity index (χ3v) is 4.86. The van der Waals surface area contributed by atoms with Crippen LogP contribution in [0.3, 0.4) is 0 Å². The molecule has 0 spiro atoms. The number of nitrogens with one attached hydrogen (secondary N) is 1. The topological polar surface area (TPSA) is 47.1 Å². The van der Waals surface area contributed by atoms with Gasteiger partial charge in [0, 0.05) is 16.1 Å². The molecule has 1 aromatic heterocycles. The maximum absolute atomic E-state index is 6.22. The summed E-state index contributed by atoms with van der Waals surface area (Å²) in [6.07, 6.45) is 0. The number of aromatic nitrogens is 2. The zero-order valence-corrected chi connectivity index (χ0v) is 16.6. The summed E-state index contributed by atoms with van der Waals surface area (Å²) >= 11 is 6.22. The summed E-state index contributed by atoms with van der Waals surface area (Å²) in [5.74, 6) is 2.17. The quantitative estimate of drug-likeness (QED) is 0.426. The third kappa shape index (κ3) is 3.82. The average molecular weight is 393 g/mol. The number of benzene rings is 3. The first-order valence-electron chi connectivity index (χ1n) is 9.24. The smallest absolute Gasteiger partial charge is 0.161 e. The molecule has 0 saturated heterocycles. The predicted octanol–water partition coefficient (Wildman–Crippen LogP) is 6.17. The number of hydrogen-bond donors (Lipinski definition) is 1. The largest absolute Gasteiger partial charge is 0.490 e. The molecule has 28 heavy (non-hydrogen) atoms. The van der Waals surface area contributed by atoms with Crippen molar-refractivity contribution >= 4 is 22.6 Å². The van der Waals surface area contributed by atoms with Crippen molar-refractivity contribution in [3.63, 3.8) is 0 Å². The highest BCUT2D eigenvalue weighted by Gasteiger charge is 2.12. The standard InChI is InChI=1S/C23H21ClN2O2/c1-3-27-22-13-16(23-25-19-10-8-15(2)12-20(19)26-23)9-11-21(22)28-14-17-6-4-5-7-18(17)24/h4-13H,3,14H2,1-2H3,(H,25,26). The highest BCUT2D eigenvalue weighted by Crippen LogP contribution is 2.33. The van der Waals surface area contributed by atoms with E-state index in [4.69, 9.17) is 26.1 Å². The van der Waals surface area contributed by atoms with Crippen LogP contribution in [-0.2, 0) is 6.61 Å². The second-order valence-electron chi connectivity index (χ2n) is 6.58.